The lowest BCUT2D eigenvalue weighted by Gasteiger charge is -1.98. The zero-order valence-electron chi connectivity index (χ0n) is 9.76. The van der Waals surface area contributed by atoms with Crippen molar-refractivity contribution in [1.29, 1.82) is 5.26 Å². The summed E-state index contributed by atoms with van der Waals surface area (Å²) in [5.41, 5.74) is 0. The largest absolute Gasteiger partial charge is 0.185 e. The monoisotopic (exact) mass is 215 g/mol. The molecule has 1 nitrogen and oxygen atoms in total. The van der Waals surface area contributed by atoms with Crippen molar-refractivity contribution in [2.24, 2.45) is 0 Å². The SMILES string of the molecule is CCCCCCCCCCC.N#CS. The summed E-state index contributed by atoms with van der Waals surface area (Å²) in [6.07, 6.45) is 13.0. The molecule has 0 heterocycles. The first kappa shape index (κ1) is 16.3. The highest BCUT2D eigenvalue weighted by atomic mass is 32.1. The fourth-order valence-electron chi connectivity index (χ4n) is 1.38. The Bertz CT molecular complexity index is 110. The van der Waals surface area contributed by atoms with Crippen LogP contribution in [0.4, 0.5) is 0 Å². The maximum atomic E-state index is 7.18. The fourth-order valence-corrected chi connectivity index (χ4v) is 1.38. The van der Waals surface area contributed by atoms with Crippen LogP contribution in [0.5, 0.6) is 0 Å². The van der Waals surface area contributed by atoms with E-state index in [1.807, 2.05) is 0 Å². The summed E-state index contributed by atoms with van der Waals surface area (Å²) in [4.78, 5) is 0. The predicted octanol–water partition coefficient (Wildman–Crippen LogP) is 4.93. The number of hydrogen-bond acceptors (Lipinski definition) is 2. The lowest BCUT2D eigenvalue weighted by atomic mass is 10.1. The van der Waals surface area contributed by atoms with Crippen LogP contribution in [0.15, 0.2) is 0 Å². The Morgan fingerprint density at radius 1 is 0.786 bits per heavy atom. The second-order valence-corrected chi connectivity index (χ2v) is 3.77. The van der Waals surface area contributed by atoms with Gasteiger partial charge in [0, 0.05) is 0 Å². The molecule has 0 aliphatic carbocycles. The highest BCUT2D eigenvalue weighted by Crippen LogP contribution is 2.08. The van der Waals surface area contributed by atoms with E-state index in [4.69, 9.17) is 5.26 Å². The van der Waals surface area contributed by atoms with Crippen LogP contribution >= 0.6 is 12.6 Å². The molecule has 0 amide bonds. The standard InChI is InChI=1S/C11H24.CHNS/c1-3-5-7-9-11-10-8-6-4-2;2-1-3/h3-11H2,1-2H3;3H. The number of thiol groups is 1. The minimum absolute atomic E-state index is 1.37. The van der Waals surface area contributed by atoms with Gasteiger partial charge in [-0.2, -0.15) is 5.26 Å². The van der Waals surface area contributed by atoms with E-state index in [-0.39, 0.29) is 0 Å². The highest BCUT2D eigenvalue weighted by Gasteiger charge is 1.88. The molecule has 0 saturated carbocycles. The summed E-state index contributed by atoms with van der Waals surface area (Å²) in [6.45, 7) is 4.55. The fraction of sp³-hybridized carbons (Fsp3) is 0.917. The van der Waals surface area contributed by atoms with Gasteiger partial charge in [0.2, 0.25) is 0 Å². The molecule has 0 aromatic carbocycles. The van der Waals surface area contributed by atoms with Crippen LogP contribution in [0, 0.1) is 10.7 Å². The second kappa shape index (κ2) is 18.6. The summed E-state index contributed by atoms with van der Waals surface area (Å²) in [7, 11) is 0. The predicted molar refractivity (Wildman–Crippen MR) is 67.5 cm³/mol. The minimum atomic E-state index is 1.37. The normalized spacial score (nSPS) is 8.71. The molecule has 0 atom stereocenters. The highest BCUT2D eigenvalue weighted by molar-refractivity contribution is 7.85. The summed E-state index contributed by atoms with van der Waals surface area (Å²) >= 11 is 3.09. The van der Waals surface area contributed by atoms with Gasteiger partial charge in [0.05, 0.1) is 0 Å². The molecule has 0 rings (SSSR count). The number of rotatable bonds is 8. The number of nitrogens with zero attached hydrogens (tertiary/aromatic N) is 1. The molecular weight excluding hydrogens is 190 g/mol. The lowest BCUT2D eigenvalue weighted by Crippen LogP contribution is -1.79. The van der Waals surface area contributed by atoms with Crippen molar-refractivity contribution >= 4 is 12.6 Å². The van der Waals surface area contributed by atoms with Gasteiger partial charge in [0.15, 0.2) is 0 Å². The Kier molecular flexibility index (Phi) is 21.6. The third kappa shape index (κ3) is 22.6. The maximum absolute atomic E-state index is 7.18. The molecule has 0 N–H and O–H groups in total. The van der Waals surface area contributed by atoms with Gasteiger partial charge in [-0.3, -0.25) is 0 Å². The van der Waals surface area contributed by atoms with E-state index in [1.54, 1.807) is 0 Å². The van der Waals surface area contributed by atoms with Crippen molar-refractivity contribution in [3.63, 3.8) is 0 Å². The molecule has 0 aromatic heterocycles. The maximum Gasteiger partial charge on any atom is 0.130 e. The van der Waals surface area contributed by atoms with Gasteiger partial charge >= 0.3 is 0 Å². The Balaban J connectivity index is 0. The second-order valence-electron chi connectivity index (χ2n) is 3.57. The van der Waals surface area contributed by atoms with Gasteiger partial charge in [-0.15, -0.1) is 0 Å². The van der Waals surface area contributed by atoms with Crippen molar-refractivity contribution < 1.29 is 0 Å². The van der Waals surface area contributed by atoms with E-state index in [9.17, 15) is 0 Å². The molecule has 0 saturated heterocycles. The minimum Gasteiger partial charge on any atom is -0.185 e. The molecule has 0 fully saturated rings. The lowest BCUT2D eigenvalue weighted by molar-refractivity contribution is 0.572. The van der Waals surface area contributed by atoms with Crippen LogP contribution in [0.2, 0.25) is 0 Å². The van der Waals surface area contributed by atoms with E-state index in [1.165, 1.54) is 63.2 Å². The van der Waals surface area contributed by atoms with Gasteiger partial charge in [0.1, 0.15) is 5.40 Å². The third-order valence-electron chi connectivity index (χ3n) is 2.21. The Hall–Kier alpha value is -0.160. The molecule has 0 bridgehead atoms. The summed E-state index contributed by atoms with van der Waals surface area (Å²) in [5, 5.41) is 8.63. The van der Waals surface area contributed by atoms with Gasteiger partial charge in [-0.05, 0) is 0 Å². The van der Waals surface area contributed by atoms with E-state index >= 15 is 0 Å². The molecule has 0 spiro atoms. The molecule has 0 unspecified atom stereocenters. The third-order valence-corrected chi connectivity index (χ3v) is 2.21. The summed E-state index contributed by atoms with van der Waals surface area (Å²) < 4.78 is 0. The van der Waals surface area contributed by atoms with Crippen molar-refractivity contribution in [1.82, 2.24) is 0 Å². The smallest absolute Gasteiger partial charge is 0.130 e. The molecule has 0 radical (unpaired) electrons. The molecule has 14 heavy (non-hydrogen) atoms. The average Bonchev–Trinajstić information content (AvgIpc) is 2.18. The van der Waals surface area contributed by atoms with Crippen molar-refractivity contribution in [3.8, 4) is 5.40 Å². The van der Waals surface area contributed by atoms with E-state index in [2.05, 4.69) is 26.5 Å². The quantitative estimate of drug-likeness (QED) is 0.346. The molecule has 2 heteroatoms. The van der Waals surface area contributed by atoms with Gasteiger partial charge < -0.3 is 0 Å². The number of unbranched alkanes of at least 4 members (excludes halogenated alkanes) is 8. The van der Waals surface area contributed by atoms with Crippen LogP contribution in [0.1, 0.15) is 71.6 Å². The first-order chi connectivity index (χ1) is 6.83. The molecule has 0 aliphatic heterocycles. The summed E-state index contributed by atoms with van der Waals surface area (Å²) in [6, 6.07) is 0. The Morgan fingerprint density at radius 2 is 1.00 bits per heavy atom. The van der Waals surface area contributed by atoms with Crippen molar-refractivity contribution in [3.05, 3.63) is 0 Å². The first-order valence-corrected chi connectivity index (χ1v) is 6.31. The number of thiocyanates is 1. The van der Waals surface area contributed by atoms with E-state index in [0.29, 0.717) is 0 Å². The van der Waals surface area contributed by atoms with E-state index < -0.39 is 0 Å². The van der Waals surface area contributed by atoms with E-state index in [0.717, 1.165) is 0 Å². The van der Waals surface area contributed by atoms with Crippen LogP contribution in [-0.2, 0) is 0 Å². The summed E-state index contributed by atoms with van der Waals surface area (Å²) in [5.74, 6) is 0. The van der Waals surface area contributed by atoms with Crippen LogP contribution in [0.3, 0.4) is 0 Å². The van der Waals surface area contributed by atoms with Crippen molar-refractivity contribution in [2.45, 2.75) is 71.6 Å². The van der Waals surface area contributed by atoms with Crippen LogP contribution < -0.4 is 0 Å². The Morgan fingerprint density at radius 3 is 1.21 bits per heavy atom. The molecule has 84 valence electrons. The zero-order valence-corrected chi connectivity index (χ0v) is 10.7. The first-order valence-electron chi connectivity index (χ1n) is 5.86. The van der Waals surface area contributed by atoms with Crippen molar-refractivity contribution in [2.75, 3.05) is 0 Å². The molecule has 0 aromatic rings. The van der Waals surface area contributed by atoms with Gasteiger partial charge in [-0.1, -0.05) is 84.3 Å². The van der Waals surface area contributed by atoms with Crippen LogP contribution in [0.25, 0.3) is 0 Å². The topological polar surface area (TPSA) is 23.8 Å². The zero-order chi connectivity index (χ0) is 11.1. The Labute approximate surface area is 95.3 Å². The van der Waals surface area contributed by atoms with Gasteiger partial charge in [0.25, 0.3) is 0 Å². The number of hydrogen-bond donors (Lipinski definition) is 1. The van der Waals surface area contributed by atoms with Gasteiger partial charge in [-0.25, -0.2) is 0 Å². The molecular formula is C12H25NS. The number of nitriles is 1. The average molecular weight is 215 g/mol. The molecule has 0 aliphatic rings. The van der Waals surface area contributed by atoms with Crippen LogP contribution in [-0.4, -0.2) is 0 Å².